The highest BCUT2D eigenvalue weighted by molar-refractivity contribution is 5.94. The SMILES string of the molecule is CN(C[C@]1(O)CCN(c2ccnc3cccnc23)C1)C(=O)c1ccc(OCCN)cc1. The number of anilines is 1. The normalized spacial score (nSPS) is 18.4. The molecule has 1 amide bonds. The number of aliphatic hydroxyl groups is 1. The molecule has 162 valence electrons. The third-order valence-corrected chi connectivity index (χ3v) is 5.51. The predicted molar refractivity (Wildman–Crippen MR) is 119 cm³/mol. The molecule has 1 atom stereocenters. The fourth-order valence-electron chi connectivity index (χ4n) is 4.02. The van der Waals surface area contributed by atoms with Crippen LogP contribution in [0.2, 0.25) is 0 Å². The molecule has 0 unspecified atom stereocenters. The summed E-state index contributed by atoms with van der Waals surface area (Å²) in [6.45, 7) is 2.21. The minimum atomic E-state index is -1.00. The Morgan fingerprint density at radius 2 is 2.03 bits per heavy atom. The molecule has 1 fully saturated rings. The summed E-state index contributed by atoms with van der Waals surface area (Å²) in [5.41, 5.74) is 7.57. The Bertz CT molecular complexity index is 1050. The number of β-amino-alcohol motifs (C(OH)–C–C–N with tert-alkyl or cyclic N) is 1. The van der Waals surface area contributed by atoms with Crippen molar-refractivity contribution in [1.82, 2.24) is 14.9 Å². The molecule has 3 heterocycles. The topological polar surface area (TPSA) is 105 Å². The van der Waals surface area contributed by atoms with E-state index in [1.807, 2.05) is 18.2 Å². The van der Waals surface area contributed by atoms with Gasteiger partial charge in [0.05, 0.1) is 17.7 Å². The van der Waals surface area contributed by atoms with Gasteiger partial charge in [-0.15, -0.1) is 0 Å². The number of nitrogens with two attached hydrogens (primary N) is 1. The first kappa shape index (κ1) is 21.0. The molecule has 0 radical (unpaired) electrons. The number of nitrogens with zero attached hydrogens (tertiary/aromatic N) is 4. The summed E-state index contributed by atoms with van der Waals surface area (Å²) in [5, 5.41) is 11.2. The van der Waals surface area contributed by atoms with Crippen molar-refractivity contribution < 1.29 is 14.6 Å². The van der Waals surface area contributed by atoms with Gasteiger partial charge in [0.15, 0.2) is 0 Å². The first-order chi connectivity index (χ1) is 15.0. The number of hydrogen-bond donors (Lipinski definition) is 2. The molecular weight excluding hydrogens is 394 g/mol. The third-order valence-electron chi connectivity index (χ3n) is 5.51. The van der Waals surface area contributed by atoms with Crippen LogP contribution in [-0.2, 0) is 0 Å². The highest BCUT2D eigenvalue weighted by atomic mass is 16.5. The number of carbonyl (C=O) groups is 1. The van der Waals surface area contributed by atoms with Gasteiger partial charge >= 0.3 is 0 Å². The molecule has 3 aromatic rings. The van der Waals surface area contributed by atoms with Gasteiger partial charge in [0.25, 0.3) is 5.91 Å². The van der Waals surface area contributed by atoms with Gasteiger partial charge < -0.3 is 25.4 Å². The average molecular weight is 422 g/mol. The van der Waals surface area contributed by atoms with Gasteiger partial charge in [0, 0.05) is 44.6 Å². The van der Waals surface area contributed by atoms with Crippen LogP contribution in [0.15, 0.2) is 54.9 Å². The second-order valence-electron chi connectivity index (χ2n) is 7.92. The van der Waals surface area contributed by atoms with Crippen LogP contribution in [0.4, 0.5) is 5.69 Å². The van der Waals surface area contributed by atoms with Crippen LogP contribution < -0.4 is 15.4 Å². The Morgan fingerprint density at radius 1 is 1.23 bits per heavy atom. The Morgan fingerprint density at radius 3 is 2.81 bits per heavy atom. The summed E-state index contributed by atoms with van der Waals surface area (Å²) in [6, 6.07) is 12.7. The summed E-state index contributed by atoms with van der Waals surface area (Å²) >= 11 is 0. The summed E-state index contributed by atoms with van der Waals surface area (Å²) in [6.07, 6.45) is 4.06. The van der Waals surface area contributed by atoms with Crippen LogP contribution in [-0.4, -0.2) is 71.3 Å². The molecule has 3 N–H and O–H groups in total. The highest BCUT2D eigenvalue weighted by Crippen LogP contribution is 2.31. The Labute approximate surface area is 181 Å². The minimum absolute atomic E-state index is 0.145. The van der Waals surface area contributed by atoms with E-state index >= 15 is 0 Å². The summed E-state index contributed by atoms with van der Waals surface area (Å²) in [7, 11) is 1.71. The van der Waals surface area contributed by atoms with Crippen LogP contribution in [0.5, 0.6) is 5.75 Å². The van der Waals surface area contributed by atoms with Crippen molar-refractivity contribution in [3.05, 3.63) is 60.4 Å². The largest absolute Gasteiger partial charge is 0.492 e. The van der Waals surface area contributed by atoms with Gasteiger partial charge in [-0.1, -0.05) is 0 Å². The van der Waals surface area contributed by atoms with E-state index in [0.717, 1.165) is 16.7 Å². The van der Waals surface area contributed by atoms with Gasteiger partial charge in [-0.25, -0.2) is 0 Å². The predicted octanol–water partition coefficient (Wildman–Crippen LogP) is 1.68. The van der Waals surface area contributed by atoms with Crippen LogP contribution >= 0.6 is 0 Å². The van der Waals surface area contributed by atoms with Gasteiger partial charge in [-0.3, -0.25) is 14.8 Å². The lowest BCUT2D eigenvalue weighted by atomic mass is 10.0. The fraction of sp³-hybridized carbons (Fsp3) is 0.348. The van der Waals surface area contributed by atoms with Gasteiger partial charge in [0.1, 0.15) is 23.5 Å². The minimum Gasteiger partial charge on any atom is -0.492 e. The van der Waals surface area contributed by atoms with Crippen LogP contribution in [0, 0.1) is 0 Å². The number of fused-ring (bicyclic) bond motifs is 1. The van der Waals surface area contributed by atoms with E-state index in [1.165, 1.54) is 0 Å². The van der Waals surface area contributed by atoms with Gasteiger partial charge in [-0.05, 0) is 48.9 Å². The second kappa shape index (κ2) is 8.87. The zero-order chi connectivity index (χ0) is 21.8. The lowest BCUT2D eigenvalue weighted by molar-refractivity contribution is 0.0264. The number of benzene rings is 1. The molecule has 1 aliphatic rings. The molecule has 2 aromatic heterocycles. The Hall–Kier alpha value is -3.23. The second-order valence-corrected chi connectivity index (χ2v) is 7.92. The van der Waals surface area contributed by atoms with Gasteiger partial charge in [-0.2, -0.15) is 0 Å². The van der Waals surface area contributed by atoms with Crippen molar-refractivity contribution in [2.45, 2.75) is 12.0 Å². The van der Waals surface area contributed by atoms with Crippen LogP contribution in [0.25, 0.3) is 11.0 Å². The van der Waals surface area contributed by atoms with E-state index in [9.17, 15) is 9.90 Å². The number of carbonyl (C=O) groups excluding carboxylic acids is 1. The van der Waals surface area contributed by atoms with E-state index in [4.69, 9.17) is 10.5 Å². The molecule has 4 rings (SSSR count). The monoisotopic (exact) mass is 421 g/mol. The first-order valence-electron chi connectivity index (χ1n) is 10.3. The first-order valence-corrected chi connectivity index (χ1v) is 10.3. The lowest BCUT2D eigenvalue weighted by Crippen LogP contribution is -2.45. The number of amides is 1. The molecule has 0 aliphatic carbocycles. The van der Waals surface area contributed by atoms with E-state index in [2.05, 4.69) is 14.9 Å². The quantitative estimate of drug-likeness (QED) is 0.598. The standard InChI is InChI=1S/C23H27N5O3/c1-27(22(29)17-4-6-18(7-5-17)31-14-10-24)15-23(30)9-13-28(16-23)20-8-12-25-19-3-2-11-26-21(19)20/h2-8,11-12,30H,9-10,13-16,24H2,1H3/t23-/m1/s1. The molecule has 0 bridgehead atoms. The van der Waals surface area contributed by atoms with Crippen molar-refractivity contribution in [1.29, 1.82) is 0 Å². The van der Waals surface area contributed by atoms with Gasteiger partial charge in [0.2, 0.25) is 0 Å². The zero-order valence-corrected chi connectivity index (χ0v) is 17.6. The van der Waals surface area contributed by atoms with Crippen LogP contribution in [0.1, 0.15) is 16.8 Å². The smallest absolute Gasteiger partial charge is 0.253 e. The number of rotatable bonds is 7. The molecule has 1 saturated heterocycles. The Balaban J connectivity index is 1.42. The molecule has 0 spiro atoms. The Kier molecular flexibility index (Phi) is 6.01. The van der Waals surface area contributed by atoms with E-state index in [-0.39, 0.29) is 12.5 Å². The average Bonchev–Trinajstić information content (AvgIpc) is 3.18. The fourth-order valence-corrected chi connectivity index (χ4v) is 4.02. The molecule has 1 aromatic carbocycles. The number of pyridine rings is 2. The summed E-state index contributed by atoms with van der Waals surface area (Å²) in [5.74, 6) is 0.529. The lowest BCUT2D eigenvalue weighted by Gasteiger charge is -2.29. The molecular formula is C23H27N5O3. The van der Waals surface area contributed by atoms with Crippen molar-refractivity contribution in [3.63, 3.8) is 0 Å². The number of ether oxygens (including phenoxy) is 1. The molecule has 31 heavy (non-hydrogen) atoms. The van der Waals surface area contributed by atoms with Crippen molar-refractivity contribution >= 4 is 22.6 Å². The summed E-state index contributed by atoms with van der Waals surface area (Å²) < 4.78 is 5.45. The summed E-state index contributed by atoms with van der Waals surface area (Å²) in [4.78, 5) is 25.3. The highest BCUT2D eigenvalue weighted by Gasteiger charge is 2.38. The van der Waals surface area contributed by atoms with Crippen molar-refractivity contribution in [2.24, 2.45) is 5.73 Å². The maximum Gasteiger partial charge on any atom is 0.253 e. The molecule has 8 nitrogen and oxygen atoms in total. The van der Waals surface area contributed by atoms with Crippen molar-refractivity contribution in [3.8, 4) is 5.75 Å². The molecule has 8 heteroatoms. The zero-order valence-electron chi connectivity index (χ0n) is 17.6. The maximum atomic E-state index is 12.8. The van der Waals surface area contributed by atoms with E-state index in [0.29, 0.717) is 44.0 Å². The van der Waals surface area contributed by atoms with E-state index in [1.54, 1.807) is 48.6 Å². The number of likely N-dealkylation sites (N-methyl/N-ethyl adjacent to an activating group) is 1. The number of aromatic nitrogens is 2. The van der Waals surface area contributed by atoms with E-state index < -0.39 is 5.60 Å². The molecule has 1 aliphatic heterocycles. The molecule has 0 saturated carbocycles. The third kappa shape index (κ3) is 4.60. The number of hydrogen-bond acceptors (Lipinski definition) is 7. The van der Waals surface area contributed by atoms with Crippen LogP contribution in [0.3, 0.4) is 0 Å². The van der Waals surface area contributed by atoms with Crippen molar-refractivity contribution in [2.75, 3.05) is 44.7 Å². The maximum absolute atomic E-state index is 12.8.